The van der Waals surface area contributed by atoms with Crippen molar-refractivity contribution in [3.63, 3.8) is 0 Å². The second-order valence-electron chi connectivity index (χ2n) is 3.52. The van der Waals surface area contributed by atoms with E-state index in [1.807, 2.05) is 30.6 Å². The molecule has 8 heteroatoms. The molecule has 1 aliphatic heterocycles. The summed E-state index contributed by atoms with van der Waals surface area (Å²) >= 11 is 7.35. The normalized spacial score (nSPS) is 23.3. The van der Waals surface area contributed by atoms with Gasteiger partial charge >= 0.3 is 0 Å². The van der Waals surface area contributed by atoms with Crippen LogP contribution in [0.4, 0.5) is 0 Å². The molecule has 2 unspecified atom stereocenters. The first kappa shape index (κ1) is 12.7. The minimum absolute atomic E-state index is 0.0900. The van der Waals surface area contributed by atoms with Crippen molar-refractivity contribution in [2.75, 3.05) is 17.3 Å². The first-order valence-electron chi connectivity index (χ1n) is 4.94. The predicted octanol–water partition coefficient (Wildman–Crippen LogP) is 0.931. The summed E-state index contributed by atoms with van der Waals surface area (Å²) in [5.74, 6) is 9.18. The molecule has 5 nitrogen and oxygen atoms in total. The molecule has 2 atom stereocenters. The van der Waals surface area contributed by atoms with E-state index in [0.717, 1.165) is 16.0 Å². The molecular weight excluding hydrogens is 310 g/mol. The van der Waals surface area contributed by atoms with Crippen molar-refractivity contribution < 1.29 is 0 Å². The lowest BCUT2D eigenvalue weighted by Crippen LogP contribution is -2.39. The molecule has 1 aromatic heterocycles. The Morgan fingerprint density at radius 3 is 2.94 bits per heavy atom. The van der Waals surface area contributed by atoms with E-state index in [4.69, 9.17) is 5.84 Å². The minimum atomic E-state index is 0.0900. The SMILES string of the molecule is Cn1nnc(Br)c1C(NN)C1CSCCS1. The summed E-state index contributed by atoms with van der Waals surface area (Å²) < 4.78 is 2.54. The number of halogens is 1. The zero-order chi connectivity index (χ0) is 11.5. The molecule has 2 rings (SSSR count). The van der Waals surface area contributed by atoms with E-state index >= 15 is 0 Å². The van der Waals surface area contributed by atoms with Crippen LogP contribution >= 0.6 is 39.5 Å². The Hall–Kier alpha value is 0.240. The van der Waals surface area contributed by atoms with Gasteiger partial charge in [0.05, 0.1) is 11.7 Å². The highest BCUT2D eigenvalue weighted by molar-refractivity contribution is 9.10. The molecular formula is C8H14BrN5S2. The molecule has 2 heterocycles. The molecule has 0 amide bonds. The summed E-state index contributed by atoms with van der Waals surface area (Å²) in [6, 6.07) is 0.0900. The largest absolute Gasteiger partial charge is 0.271 e. The van der Waals surface area contributed by atoms with Crippen molar-refractivity contribution in [2.24, 2.45) is 12.9 Å². The smallest absolute Gasteiger partial charge is 0.153 e. The van der Waals surface area contributed by atoms with Crippen molar-refractivity contribution in [1.29, 1.82) is 0 Å². The molecule has 90 valence electrons. The highest BCUT2D eigenvalue weighted by Gasteiger charge is 2.29. The van der Waals surface area contributed by atoms with Crippen LogP contribution in [0.5, 0.6) is 0 Å². The Morgan fingerprint density at radius 2 is 2.44 bits per heavy atom. The molecule has 1 saturated heterocycles. The summed E-state index contributed by atoms with van der Waals surface area (Å²) in [5, 5.41) is 8.46. The number of nitrogens with two attached hydrogens (primary N) is 1. The highest BCUT2D eigenvalue weighted by atomic mass is 79.9. The van der Waals surface area contributed by atoms with Crippen LogP contribution in [0, 0.1) is 0 Å². The van der Waals surface area contributed by atoms with Crippen LogP contribution in [0.1, 0.15) is 11.7 Å². The van der Waals surface area contributed by atoms with E-state index in [1.54, 1.807) is 4.68 Å². The lowest BCUT2D eigenvalue weighted by Gasteiger charge is -2.28. The number of hydrogen-bond donors (Lipinski definition) is 2. The molecule has 0 radical (unpaired) electrons. The molecule has 1 fully saturated rings. The van der Waals surface area contributed by atoms with Crippen LogP contribution in [0.15, 0.2) is 4.60 Å². The molecule has 1 aromatic rings. The quantitative estimate of drug-likeness (QED) is 0.637. The molecule has 0 aliphatic carbocycles. The van der Waals surface area contributed by atoms with Crippen LogP contribution in [-0.4, -0.2) is 37.5 Å². The van der Waals surface area contributed by atoms with Crippen LogP contribution < -0.4 is 11.3 Å². The van der Waals surface area contributed by atoms with Gasteiger partial charge in [0.2, 0.25) is 0 Å². The Kier molecular flexibility index (Phi) is 4.54. The van der Waals surface area contributed by atoms with E-state index in [0.29, 0.717) is 5.25 Å². The van der Waals surface area contributed by atoms with Gasteiger partial charge in [-0.15, -0.1) is 5.10 Å². The van der Waals surface area contributed by atoms with Crippen molar-refractivity contribution in [2.45, 2.75) is 11.3 Å². The third-order valence-corrected chi connectivity index (χ3v) is 5.94. The van der Waals surface area contributed by atoms with Gasteiger partial charge in [0.15, 0.2) is 4.60 Å². The third-order valence-electron chi connectivity index (χ3n) is 2.51. The summed E-state index contributed by atoms with van der Waals surface area (Å²) in [5.41, 5.74) is 3.91. The Balaban J connectivity index is 2.21. The Labute approximate surface area is 111 Å². The van der Waals surface area contributed by atoms with E-state index in [1.165, 1.54) is 11.5 Å². The summed E-state index contributed by atoms with van der Waals surface area (Å²) in [7, 11) is 1.89. The van der Waals surface area contributed by atoms with Gasteiger partial charge < -0.3 is 0 Å². The highest BCUT2D eigenvalue weighted by Crippen LogP contribution is 2.34. The van der Waals surface area contributed by atoms with Gasteiger partial charge in [-0.25, -0.2) is 4.68 Å². The monoisotopic (exact) mass is 323 g/mol. The Morgan fingerprint density at radius 1 is 1.62 bits per heavy atom. The zero-order valence-corrected chi connectivity index (χ0v) is 12.1. The van der Waals surface area contributed by atoms with E-state index < -0.39 is 0 Å². The van der Waals surface area contributed by atoms with E-state index in [2.05, 4.69) is 31.7 Å². The minimum Gasteiger partial charge on any atom is -0.271 e. The summed E-state index contributed by atoms with van der Waals surface area (Å²) in [4.78, 5) is 0. The lowest BCUT2D eigenvalue weighted by molar-refractivity contribution is 0.506. The predicted molar refractivity (Wildman–Crippen MR) is 72.3 cm³/mol. The molecule has 0 aromatic carbocycles. The van der Waals surface area contributed by atoms with Crippen molar-refractivity contribution in [1.82, 2.24) is 20.4 Å². The summed E-state index contributed by atoms with van der Waals surface area (Å²) in [6.45, 7) is 0. The maximum Gasteiger partial charge on any atom is 0.153 e. The number of nitrogens with one attached hydrogen (secondary N) is 1. The third kappa shape index (κ3) is 2.56. The number of hydrazine groups is 1. The molecule has 3 N–H and O–H groups in total. The number of thioether (sulfide) groups is 2. The fourth-order valence-electron chi connectivity index (χ4n) is 1.73. The molecule has 16 heavy (non-hydrogen) atoms. The number of rotatable bonds is 3. The second-order valence-corrected chi connectivity index (χ2v) is 6.77. The van der Waals surface area contributed by atoms with Gasteiger partial charge in [0, 0.05) is 29.6 Å². The van der Waals surface area contributed by atoms with Gasteiger partial charge in [-0.05, 0) is 15.9 Å². The van der Waals surface area contributed by atoms with Gasteiger partial charge in [0.25, 0.3) is 0 Å². The lowest BCUT2D eigenvalue weighted by atomic mass is 10.1. The van der Waals surface area contributed by atoms with Crippen LogP contribution in [0.3, 0.4) is 0 Å². The average Bonchev–Trinajstić information content (AvgIpc) is 2.63. The number of aromatic nitrogens is 3. The van der Waals surface area contributed by atoms with Crippen molar-refractivity contribution in [3.05, 3.63) is 10.3 Å². The number of hydrogen-bond acceptors (Lipinski definition) is 6. The Bertz CT molecular complexity index is 333. The van der Waals surface area contributed by atoms with Gasteiger partial charge in [0.1, 0.15) is 0 Å². The first-order valence-corrected chi connectivity index (χ1v) is 7.94. The molecule has 1 aliphatic rings. The molecule has 0 spiro atoms. The summed E-state index contributed by atoms with van der Waals surface area (Å²) in [6.07, 6.45) is 0. The fourth-order valence-corrected chi connectivity index (χ4v) is 5.13. The van der Waals surface area contributed by atoms with Gasteiger partial charge in [-0.3, -0.25) is 11.3 Å². The number of aryl methyl sites for hydroxylation is 1. The maximum atomic E-state index is 5.67. The van der Waals surface area contributed by atoms with Gasteiger partial charge in [-0.2, -0.15) is 23.5 Å². The van der Waals surface area contributed by atoms with Crippen LogP contribution in [-0.2, 0) is 7.05 Å². The van der Waals surface area contributed by atoms with E-state index in [9.17, 15) is 0 Å². The fraction of sp³-hybridized carbons (Fsp3) is 0.750. The maximum absolute atomic E-state index is 5.67. The number of nitrogens with zero attached hydrogens (tertiary/aromatic N) is 3. The van der Waals surface area contributed by atoms with Crippen molar-refractivity contribution in [3.8, 4) is 0 Å². The average molecular weight is 324 g/mol. The van der Waals surface area contributed by atoms with Crippen molar-refractivity contribution >= 4 is 39.5 Å². The molecule has 0 saturated carbocycles. The molecule has 0 bridgehead atoms. The first-order chi connectivity index (χ1) is 7.74. The zero-order valence-electron chi connectivity index (χ0n) is 8.89. The van der Waals surface area contributed by atoms with Crippen LogP contribution in [0.25, 0.3) is 0 Å². The van der Waals surface area contributed by atoms with Crippen LogP contribution in [0.2, 0.25) is 0 Å². The standard InChI is InChI=1S/C8H14BrN5S2/c1-14-7(8(9)12-13-14)6(11-10)5-4-15-2-3-16-5/h5-6,11H,2-4,10H2,1H3. The van der Waals surface area contributed by atoms with E-state index in [-0.39, 0.29) is 6.04 Å². The second kappa shape index (κ2) is 5.72. The van der Waals surface area contributed by atoms with Gasteiger partial charge in [-0.1, -0.05) is 5.21 Å². The topological polar surface area (TPSA) is 68.8 Å².